The summed E-state index contributed by atoms with van der Waals surface area (Å²) in [5.41, 5.74) is 0.580. The van der Waals surface area contributed by atoms with E-state index in [0.717, 1.165) is 23.8 Å². The van der Waals surface area contributed by atoms with Gasteiger partial charge in [-0.3, -0.25) is 25.0 Å². The second-order valence-corrected chi connectivity index (χ2v) is 9.11. The van der Waals surface area contributed by atoms with Gasteiger partial charge in [-0.2, -0.15) is 5.26 Å². The Labute approximate surface area is 226 Å². The SMILES string of the molecule is COc1cc(/C=C(\C#N)C(=O)Nc2c(Br)cc(C)cc2Br)ccc1Oc1ccc([N+](=O)[O-])cc1[N+](=O)[O-]. The molecule has 37 heavy (non-hydrogen) atoms. The van der Waals surface area contributed by atoms with Crippen LogP contribution in [0, 0.1) is 38.5 Å². The molecule has 0 bridgehead atoms. The molecule has 3 aromatic carbocycles. The molecule has 3 rings (SSSR count). The number of nitriles is 1. The topological polar surface area (TPSA) is 158 Å². The third-order valence-corrected chi connectivity index (χ3v) is 6.11. The van der Waals surface area contributed by atoms with Gasteiger partial charge in [0.05, 0.1) is 28.7 Å². The fourth-order valence-electron chi connectivity index (χ4n) is 3.14. The average Bonchev–Trinajstić information content (AvgIpc) is 2.85. The first kappa shape index (κ1) is 27.3. The minimum absolute atomic E-state index is 0.0760. The molecule has 0 aliphatic carbocycles. The number of hydrogen-bond donors (Lipinski definition) is 1. The lowest BCUT2D eigenvalue weighted by molar-refractivity contribution is -0.394. The monoisotopic (exact) mass is 630 g/mol. The number of hydrogen-bond acceptors (Lipinski definition) is 8. The Hall–Kier alpha value is -4.28. The van der Waals surface area contributed by atoms with Crippen LogP contribution in [-0.4, -0.2) is 22.9 Å². The minimum Gasteiger partial charge on any atom is -0.493 e. The zero-order valence-electron chi connectivity index (χ0n) is 19.2. The molecule has 0 saturated carbocycles. The Kier molecular flexibility index (Phi) is 8.59. The molecule has 11 nitrogen and oxygen atoms in total. The molecule has 0 radical (unpaired) electrons. The van der Waals surface area contributed by atoms with Crippen molar-refractivity contribution < 1.29 is 24.1 Å². The number of carbonyl (C=O) groups excluding carboxylic acids is 1. The van der Waals surface area contributed by atoms with Crippen LogP contribution in [0.15, 0.2) is 63.0 Å². The number of amides is 1. The predicted octanol–water partition coefficient (Wildman–Crippen LogP) is 6.68. The molecule has 0 aliphatic heterocycles. The van der Waals surface area contributed by atoms with Gasteiger partial charge in [0, 0.05) is 15.0 Å². The highest BCUT2D eigenvalue weighted by molar-refractivity contribution is 9.11. The molecule has 0 aliphatic rings. The summed E-state index contributed by atoms with van der Waals surface area (Å²) in [6.45, 7) is 1.89. The quantitative estimate of drug-likeness (QED) is 0.125. The van der Waals surface area contributed by atoms with Crippen molar-refractivity contribution in [1.29, 1.82) is 5.26 Å². The van der Waals surface area contributed by atoms with Crippen molar-refractivity contribution in [3.8, 4) is 23.3 Å². The zero-order chi connectivity index (χ0) is 27.3. The first-order chi connectivity index (χ1) is 17.5. The Bertz CT molecular complexity index is 1480. The number of nitro benzene ring substituents is 2. The maximum absolute atomic E-state index is 12.8. The van der Waals surface area contributed by atoms with Gasteiger partial charge in [0.2, 0.25) is 5.75 Å². The van der Waals surface area contributed by atoms with Crippen molar-refractivity contribution in [3.63, 3.8) is 0 Å². The van der Waals surface area contributed by atoms with Gasteiger partial charge in [-0.25, -0.2) is 0 Å². The highest BCUT2D eigenvalue weighted by Crippen LogP contribution is 2.39. The van der Waals surface area contributed by atoms with Crippen LogP contribution < -0.4 is 14.8 Å². The summed E-state index contributed by atoms with van der Waals surface area (Å²) in [4.78, 5) is 33.6. The summed E-state index contributed by atoms with van der Waals surface area (Å²) in [5.74, 6) is -0.660. The lowest BCUT2D eigenvalue weighted by Gasteiger charge is -2.12. The maximum Gasteiger partial charge on any atom is 0.318 e. The van der Waals surface area contributed by atoms with Gasteiger partial charge in [-0.05, 0) is 86.3 Å². The fourth-order valence-corrected chi connectivity index (χ4v) is 4.75. The second-order valence-electron chi connectivity index (χ2n) is 7.41. The second kappa shape index (κ2) is 11.6. The van der Waals surface area contributed by atoms with E-state index in [1.165, 1.54) is 31.4 Å². The highest BCUT2D eigenvalue weighted by atomic mass is 79.9. The number of rotatable bonds is 8. The van der Waals surface area contributed by atoms with Gasteiger partial charge in [0.25, 0.3) is 11.6 Å². The first-order valence-corrected chi connectivity index (χ1v) is 11.8. The van der Waals surface area contributed by atoms with E-state index in [1.54, 1.807) is 0 Å². The summed E-state index contributed by atoms with van der Waals surface area (Å²) in [5, 5.41) is 34.6. The number of aryl methyl sites for hydroxylation is 1. The molecule has 0 saturated heterocycles. The number of benzene rings is 3. The van der Waals surface area contributed by atoms with E-state index in [4.69, 9.17) is 9.47 Å². The van der Waals surface area contributed by atoms with Crippen molar-refractivity contribution in [2.75, 3.05) is 12.4 Å². The van der Waals surface area contributed by atoms with Crippen LogP contribution in [0.4, 0.5) is 17.1 Å². The first-order valence-electron chi connectivity index (χ1n) is 10.2. The Morgan fingerprint density at radius 3 is 2.22 bits per heavy atom. The van der Waals surface area contributed by atoms with E-state index >= 15 is 0 Å². The molecule has 0 spiro atoms. The molecule has 0 heterocycles. The molecule has 1 N–H and O–H groups in total. The molecular formula is C24H16Br2N4O7. The minimum atomic E-state index is -0.797. The number of anilines is 1. The molecule has 0 atom stereocenters. The summed E-state index contributed by atoms with van der Waals surface area (Å²) < 4.78 is 12.2. The van der Waals surface area contributed by atoms with Gasteiger partial charge in [-0.15, -0.1) is 0 Å². The molecule has 0 aromatic heterocycles. The van der Waals surface area contributed by atoms with Crippen molar-refractivity contribution in [1.82, 2.24) is 0 Å². The van der Waals surface area contributed by atoms with Gasteiger partial charge in [0.15, 0.2) is 11.5 Å². The number of nitrogens with one attached hydrogen (secondary N) is 1. The maximum atomic E-state index is 12.8. The van der Waals surface area contributed by atoms with Crippen molar-refractivity contribution in [2.24, 2.45) is 0 Å². The third kappa shape index (κ3) is 6.49. The van der Waals surface area contributed by atoms with Crippen LogP contribution >= 0.6 is 31.9 Å². The van der Waals surface area contributed by atoms with E-state index in [-0.39, 0.29) is 22.8 Å². The van der Waals surface area contributed by atoms with Crippen LogP contribution in [0.25, 0.3) is 6.08 Å². The van der Waals surface area contributed by atoms with Gasteiger partial charge < -0.3 is 14.8 Å². The molecular weight excluding hydrogens is 616 g/mol. The van der Waals surface area contributed by atoms with E-state index in [2.05, 4.69) is 37.2 Å². The fraction of sp³-hybridized carbons (Fsp3) is 0.0833. The standard InChI is InChI=1S/C24H16Br2N4O7/c1-13-7-17(25)23(18(26)8-13)28-24(31)15(12-27)9-14-3-5-21(22(10-14)36-2)37-20-6-4-16(29(32)33)11-19(20)30(34)35/h3-11H,1-2H3,(H,28,31)/b15-9+. The van der Waals surface area contributed by atoms with E-state index in [1.807, 2.05) is 25.1 Å². The number of ether oxygens (including phenoxy) is 2. The number of nitro groups is 2. The third-order valence-electron chi connectivity index (χ3n) is 4.86. The number of methoxy groups -OCH3 is 1. The number of halogens is 2. The van der Waals surface area contributed by atoms with E-state index in [9.17, 15) is 30.3 Å². The average molecular weight is 632 g/mol. The van der Waals surface area contributed by atoms with E-state index < -0.39 is 27.1 Å². The van der Waals surface area contributed by atoms with Gasteiger partial charge in [-0.1, -0.05) is 6.07 Å². The van der Waals surface area contributed by atoms with Crippen LogP contribution in [0.3, 0.4) is 0 Å². The molecule has 1 amide bonds. The molecule has 3 aromatic rings. The molecule has 188 valence electrons. The van der Waals surface area contributed by atoms with Crippen LogP contribution in [-0.2, 0) is 4.79 Å². The smallest absolute Gasteiger partial charge is 0.318 e. The Morgan fingerprint density at radius 2 is 1.65 bits per heavy atom. The van der Waals surface area contributed by atoms with Crippen LogP contribution in [0.2, 0.25) is 0 Å². The number of carbonyl (C=O) groups is 1. The van der Waals surface area contributed by atoms with Crippen molar-refractivity contribution in [3.05, 3.63) is 94.4 Å². The summed E-state index contributed by atoms with van der Waals surface area (Å²) in [7, 11) is 1.34. The summed E-state index contributed by atoms with van der Waals surface area (Å²) in [6, 6.07) is 12.9. The zero-order valence-corrected chi connectivity index (χ0v) is 22.3. The summed E-state index contributed by atoms with van der Waals surface area (Å²) >= 11 is 6.78. The molecule has 0 unspecified atom stereocenters. The number of nitrogens with zero attached hydrogens (tertiary/aromatic N) is 3. The lowest BCUT2D eigenvalue weighted by atomic mass is 10.1. The van der Waals surface area contributed by atoms with Crippen molar-refractivity contribution >= 4 is 60.9 Å². The summed E-state index contributed by atoms with van der Waals surface area (Å²) in [6.07, 6.45) is 1.34. The molecule has 0 fully saturated rings. The van der Waals surface area contributed by atoms with Crippen LogP contribution in [0.5, 0.6) is 17.2 Å². The molecule has 13 heteroatoms. The van der Waals surface area contributed by atoms with Crippen molar-refractivity contribution in [2.45, 2.75) is 6.92 Å². The van der Waals surface area contributed by atoms with Crippen LogP contribution in [0.1, 0.15) is 11.1 Å². The predicted molar refractivity (Wildman–Crippen MR) is 142 cm³/mol. The van der Waals surface area contributed by atoms with E-state index in [0.29, 0.717) is 20.2 Å². The lowest BCUT2D eigenvalue weighted by Crippen LogP contribution is -2.14. The number of non-ortho nitro benzene ring substituents is 1. The normalized spacial score (nSPS) is 10.8. The Morgan fingerprint density at radius 1 is 1.00 bits per heavy atom. The van der Waals surface area contributed by atoms with Gasteiger partial charge >= 0.3 is 5.69 Å². The highest BCUT2D eigenvalue weighted by Gasteiger charge is 2.22. The Balaban J connectivity index is 1.90. The van der Waals surface area contributed by atoms with Gasteiger partial charge in [0.1, 0.15) is 11.6 Å². The largest absolute Gasteiger partial charge is 0.493 e.